The summed E-state index contributed by atoms with van der Waals surface area (Å²) in [6, 6.07) is 0. The van der Waals surface area contributed by atoms with Crippen molar-refractivity contribution in [2.24, 2.45) is 0 Å². The smallest absolute Gasteiger partial charge is 0.0647 e. The Labute approximate surface area is 82.6 Å². The fourth-order valence-electron chi connectivity index (χ4n) is 1.31. The summed E-state index contributed by atoms with van der Waals surface area (Å²) in [4.78, 5) is 0. The van der Waals surface area contributed by atoms with Gasteiger partial charge in [-0.1, -0.05) is 6.92 Å². The highest BCUT2D eigenvalue weighted by Crippen LogP contribution is 2.20. The van der Waals surface area contributed by atoms with Crippen LogP contribution in [-0.2, 0) is 9.47 Å². The number of rotatable bonds is 6. The lowest BCUT2D eigenvalue weighted by Gasteiger charge is -2.29. The van der Waals surface area contributed by atoms with E-state index in [0.717, 1.165) is 12.8 Å². The molecule has 80 valence electrons. The molecule has 0 saturated carbocycles. The van der Waals surface area contributed by atoms with Crippen molar-refractivity contribution >= 4 is 0 Å². The van der Waals surface area contributed by atoms with Gasteiger partial charge in [0, 0.05) is 13.5 Å². The zero-order valence-electron chi connectivity index (χ0n) is 9.89. The van der Waals surface area contributed by atoms with Gasteiger partial charge in [-0.2, -0.15) is 0 Å². The van der Waals surface area contributed by atoms with Gasteiger partial charge in [0.2, 0.25) is 0 Å². The molecule has 0 amide bonds. The molecule has 0 saturated heterocycles. The van der Waals surface area contributed by atoms with Crippen molar-refractivity contribution < 1.29 is 9.47 Å². The van der Waals surface area contributed by atoms with E-state index in [-0.39, 0.29) is 5.60 Å². The van der Waals surface area contributed by atoms with Crippen LogP contribution in [-0.4, -0.2) is 24.9 Å². The molecule has 0 aromatic rings. The molecule has 0 fully saturated rings. The summed E-state index contributed by atoms with van der Waals surface area (Å²) in [7, 11) is 1.75. The van der Waals surface area contributed by atoms with E-state index in [0.29, 0.717) is 12.2 Å². The summed E-state index contributed by atoms with van der Waals surface area (Å²) in [5.74, 6) is 0. The number of ether oxygens (including phenoxy) is 2. The maximum Gasteiger partial charge on any atom is 0.0647 e. The van der Waals surface area contributed by atoms with Gasteiger partial charge in [0.25, 0.3) is 0 Å². The van der Waals surface area contributed by atoms with Gasteiger partial charge in [0.1, 0.15) is 0 Å². The summed E-state index contributed by atoms with van der Waals surface area (Å²) >= 11 is 0. The van der Waals surface area contributed by atoms with E-state index in [9.17, 15) is 0 Å². The molecule has 0 rings (SSSR count). The van der Waals surface area contributed by atoms with Crippen molar-refractivity contribution in [2.75, 3.05) is 7.11 Å². The Morgan fingerprint density at radius 2 is 1.77 bits per heavy atom. The van der Waals surface area contributed by atoms with E-state index < -0.39 is 0 Å². The van der Waals surface area contributed by atoms with Crippen LogP contribution in [0.3, 0.4) is 0 Å². The van der Waals surface area contributed by atoms with E-state index in [1.807, 2.05) is 0 Å². The molecular formula is C11H24O2. The molecule has 0 radical (unpaired) electrons. The Balaban J connectivity index is 3.97. The SMILES string of the molecule is CCC(CC(C)(C)OC)OC(C)C. The lowest BCUT2D eigenvalue weighted by molar-refractivity contribution is -0.0624. The Kier molecular flexibility index (Phi) is 5.57. The van der Waals surface area contributed by atoms with Crippen LogP contribution < -0.4 is 0 Å². The average Bonchev–Trinajstić information content (AvgIpc) is 2.02. The summed E-state index contributed by atoms with van der Waals surface area (Å²) in [5, 5.41) is 0. The molecule has 0 aromatic heterocycles. The molecule has 1 atom stereocenters. The third-order valence-corrected chi connectivity index (χ3v) is 2.19. The van der Waals surface area contributed by atoms with Crippen LogP contribution in [0.2, 0.25) is 0 Å². The van der Waals surface area contributed by atoms with Crippen LogP contribution in [0.1, 0.15) is 47.5 Å². The van der Waals surface area contributed by atoms with Crippen LogP contribution in [0.25, 0.3) is 0 Å². The molecule has 0 heterocycles. The third-order valence-electron chi connectivity index (χ3n) is 2.19. The second-order valence-corrected chi connectivity index (χ2v) is 4.38. The highest BCUT2D eigenvalue weighted by Gasteiger charge is 2.22. The molecule has 0 aliphatic heterocycles. The zero-order chi connectivity index (χ0) is 10.5. The number of methoxy groups -OCH3 is 1. The van der Waals surface area contributed by atoms with Gasteiger partial charge < -0.3 is 9.47 Å². The molecule has 0 aliphatic rings. The molecule has 13 heavy (non-hydrogen) atoms. The van der Waals surface area contributed by atoms with Crippen molar-refractivity contribution in [3.05, 3.63) is 0 Å². The van der Waals surface area contributed by atoms with Crippen LogP contribution in [0.4, 0.5) is 0 Å². The zero-order valence-corrected chi connectivity index (χ0v) is 9.89. The molecule has 0 spiro atoms. The topological polar surface area (TPSA) is 18.5 Å². The summed E-state index contributed by atoms with van der Waals surface area (Å²) in [6.45, 7) is 10.5. The van der Waals surface area contributed by atoms with Crippen molar-refractivity contribution in [1.29, 1.82) is 0 Å². The van der Waals surface area contributed by atoms with Gasteiger partial charge in [-0.3, -0.25) is 0 Å². The monoisotopic (exact) mass is 188 g/mol. The summed E-state index contributed by atoms with van der Waals surface area (Å²) in [6.07, 6.45) is 2.62. The van der Waals surface area contributed by atoms with Gasteiger partial charge in [-0.05, 0) is 34.1 Å². The summed E-state index contributed by atoms with van der Waals surface area (Å²) in [5.41, 5.74) is -0.0738. The Morgan fingerprint density at radius 1 is 1.23 bits per heavy atom. The van der Waals surface area contributed by atoms with Crippen LogP contribution >= 0.6 is 0 Å². The molecule has 0 aliphatic carbocycles. The first-order chi connectivity index (χ1) is 5.91. The van der Waals surface area contributed by atoms with E-state index in [1.165, 1.54) is 0 Å². The minimum absolute atomic E-state index is 0.0738. The van der Waals surface area contributed by atoms with Crippen molar-refractivity contribution in [2.45, 2.75) is 65.3 Å². The van der Waals surface area contributed by atoms with E-state index >= 15 is 0 Å². The number of hydrogen-bond acceptors (Lipinski definition) is 2. The molecule has 0 bridgehead atoms. The van der Waals surface area contributed by atoms with Crippen LogP contribution in [0.15, 0.2) is 0 Å². The van der Waals surface area contributed by atoms with Gasteiger partial charge in [0.15, 0.2) is 0 Å². The van der Waals surface area contributed by atoms with Gasteiger partial charge >= 0.3 is 0 Å². The average molecular weight is 188 g/mol. The van der Waals surface area contributed by atoms with E-state index in [4.69, 9.17) is 9.47 Å². The predicted octanol–water partition coefficient (Wildman–Crippen LogP) is 3.01. The molecule has 0 N–H and O–H groups in total. The summed E-state index contributed by atoms with van der Waals surface area (Å²) < 4.78 is 11.1. The van der Waals surface area contributed by atoms with Gasteiger partial charge in [-0.25, -0.2) is 0 Å². The van der Waals surface area contributed by atoms with E-state index in [2.05, 4.69) is 34.6 Å². The molecule has 1 unspecified atom stereocenters. The largest absolute Gasteiger partial charge is 0.379 e. The lowest BCUT2D eigenvalue weighted by Crippen LogP contribution is -2.31. The normalized spacial score (nSPS) is 15.0. The van der Waals surface area contributed by atoms with Crippen molar-refractivity contribution in [3.8, 4) is 0 Å². The van der Waals surface area contributed by atoms with E-state index in [1.54, 1.807) is 7.11 Å². The van der Waals surface area contributed by atoms with Crippen LogP contribution in [0, 0.1) is 0 Å². The van der Waals surface area contributed by atoms with Crippen LogP contribution in [0.5, 0.6) is 0 Å². The third kappa shape index (κ3) is 6.05. The fourth-order valence-corrected chi connectivity index (χ4v) is 1.31. The highest BCUT2D eigenvalue weighted by molar-refractivity contribution is 4.73. The second-order valence-electron chi connectivity index (χ2n) is 4.38. The fraction of sp³-hybridized carbons (Fsp3) is 1.00. The lowest BCUT2D eigenvalue weighted by atomic mass is 9.99. The molecule has 2 heteroatoms. The standard InChI is InChI=1S/C11H24O2/c1-7-10(13-9(2)3)8-11(4,5)12-6/h9-10H,7-8H2,1-6H3. The molecule has 0 aromatic carbocycles. The Morgan fingerprint density at radius 3 is 2.08 bits per heavy atom. The Bertz CT molecular complexity index is 130. The maximum atomic E-state index is 5.76. The number of hydrogen-bond donors (Lipinski definition) is 0. The van der Waals surface area contributed by atoms with Gasteiger partial charge in [-0.15, -0.1) is 0 Å². The maximum absolute atomic E-state index is 5.76. The van der Waals surface area contributed by atoms with Crippen molar-refractivity contribution in [1.82, 2.24) is 0 Å². The second kappa shape index (κ2) is 5.61. The van der Waals surface area contributed by atoms with Crippen molar-refractivity contribution in [3.63, 3.8) is 0 Å². The van der Waals surface area contributed by atoms with Gasteiger partial charge in [0.05, 0.1) is 17.8 Å². The highest BCUT2D eigenvalue weighted by atomic mass is 16.5. The first kappa shape index (κ1) is 12.9. The molecule has 2 nitrogen and oxygen atoms in total. The molecular weight excluding hydrogens is 164 g/mol. The minimum atomic E-state index is -0.0738. The first-order valence-electron chi connectivity index (χ1n) is 5.12. The quantitative estimate of drug-likeness (QED) is 0.638. The predicted molar refractivity (Wildman–Crippen MR) is 56.0 cm³/mol. The minimum Gasteiger partial charge on any atom is -0.379 e. The first-order valence-corrected chi connectivity index (χ1v) is 5.12. The Hall–Kier alpha value is -0.0800.